The van der Waals surface area contributed by atoms with E-state index >= 15 is 0 Å². The first-order valence-electron chi connectivity index (χ1n) is 10.8. The van der Waals surface area contributed by atoms with E-state index in [9.17, 15) is 9.59 Å². The molecule has 5 nitrogen and oxygen atoms in total. The number of hydrogen-bond acceptors (Lipinski definition) is 4. The molecular weight excluding hydrogens is 412 g/mol. The zero-order valence-electron chi connectivity index (χ0n) is 18.8. The molecule has 3 aromatic carbocycles. The van der Waals surface area contributed by atoms with Gasteiger partial charge in [-0.3, -0.25) is 4.79 Å². The van der Waals surface area contributed by atoms with Crippen LogP contribution < -0.4 is 4.90 Å². The van der Waals surface area contributed by atoms with Crippen LogP contribution in [0.2, 0.25) is 0 Å². The van der Waals surface area contributed by atoms with E-state index in [1.807, 2.05) is 42.5 Å². The van der Waals surface area contributed by atoms with E-state index in [0.717, 1.165) is 28.0 Å². The Morgan fingerprint density at radius 2 is 1.73 bits per heavy atom. The van der Waals surface area contributed by atoms with E-state index in [2.05, 4.69) is 19.9 Å². The minimum Gasteiger partial charge on any atom is -0.465 e. The number of ether oxygens (including phenoxy) is 1. The van der Waals surface area contributed by atoms with Crippen LogP contribution in [0.25, 0.3) is 11.1 Å². The van der Waals surface area contributed by atoms with E-state index in [1.54, 1.807) is 35.2 Å². The lowest BCUT2D eigenvalue weighted by molar-refractivity contribution is -0.113. The van der Waals surface area contributed by atoms with Crippen molar-refractivity contribution in [3.63, 3.8) is 0 Å². The molecule has 0 saturated carbocycles. The lowest BCUT2D eigenvalue weighted by Gasteiger charge is -2.19. The lowest BCUT2D eigenvalue weighted by Crippen LogP contribution is -2.26. The Hall–Kier alpha value is -4.17. The number of esters is 1. The van der Waals surface area contributed by atoms with Crippen LogP contribution in [0.1, 0.15) is 46.5 Å². The molecule has 0 atom stereocenters. The number of benzene rings is 3. The summed E-state index contributed by atoms with van der Waals surface area (Å²) in [6, 6.07) is 24.4. The highest BCUT2D eigenvalue weighted by Crippen LogP contribution is 2.43. The van der Waals surface area contributed by atoms with Gasteiger partial charge in [-0.05, 0) is 52.9 Å². The van der Waals surface area contributed by atoms with Gasteiger partial charge in [-0.1, -0.05) is 56.3 Å². The van der Waals surface area contributed by atoms with Crippen molar-refractivity contribution in [2.45, 2.75) is 20.4 Å². The van der Waals surface area contributed by atoms with Crippen molar-refractivity contribution in [3.8, 4) is 6.07 Å². The number of carbonyl (C=O) groups is 2. The second kappa shape index (κ2) is 9.13. The molecule has 1 amide bonds. The predicted octanol–water partition coefficient (Wildman–Crippen LogP) is 5.46. The molecule has 0 spiro atoms. The summed E-state index contributed by atoms with van der Waals surface area (Å²) in [6.07, 6.45) is 0. The Bertz CT molecular complexity index is 1300. The van der Waals surface area contributed by atoms with Gasteiger partial charge in [0.15, 0.2) is 0 Å². The minimum atomic E-state index is -0.409. The number of hydrogen-bond donors (Lipinski definition) is 0. The molecule has 1 aliphatic heterocycles. The van der Waals surface area contributed by atoms with Gasteiger partial charge in [0, 0.05) is 5.56 Å². The predicted molar refractivity (Wildman–Crippen MR) is 128 cm³/mol. The largest absolute Gasteiger partial charge is 0.465 e. The first-order valence-corrected chi connectivity index (χ1v) is 10.8. The van der Waals surface area contributed by atoms with Crippen LogP contribution >= 0.6 is 0 Å². The maximum atomic E-state index is 13.8. The first-order chi connectivity index (χ1) is 15.9. The zero-order valence-corrected chi connectivity index (χ0v) is 18.8. The van der Waals surface area contributed by atoms with E-state index in [-0.39, 0.29) is 11.8 Å². The quantitative estimate of drug-likeness (QED) is 0.393. The third kappa shape index (κ3) is 4.16. The third-order valence-electron chi connectivity index (χ3n) is 5.78. The molecule has 0 fully saturated rings. The summed E-state index contributed by atoms with van der Waals surface area (Å²) < 4.78 is 4.83. The van der Waals surface area contributed by atoms with Gasteiger partial charge in [0.05, 0.1) is 42.1 Å². The topological polar surface area (TPSA) is 70.4 Å². The summed E-state index contributed by atoms with van der Waals surface area (Å²) in [5.74, 6) is -0.395. The maximum absolute atomic E-state index is 13.8. The Labute approximate surface area is 193 Å². The molecule has 0 bridgehead atoms. The summed E-state index contributed by atoms with van der Waals surface area (Å²) in [7, 11) is 1.35. The van der Waals surface area contributed by atoms with Gasteiger partial charge in [-0.2, -0.15) is 5.26 Å². The van der Waals surface area contributed by atoms with Crippen LogP contribution in [0.15, 0.2) is 72.8 Å². The molecule has 1 aliphatic rings. The number of nitriles is 1. The van der Waals surface area contributed by atoms with Crippen molar-refractivity contribution in [1.29, 1.82) is 5.26 Å². The van der Waals surface area contributed by atoms with Crippen molar-refractivity contribution < 1.29 is 14.3 Å². The molecule has 3 aromatic rings. The van der Waals surface area contributed by atoms with Gasteiger partial charge >= 0.3 is 5.97 Å². The number of rotatable bonds is 5. The summed E-state index contributed by atoms with van der Waals surface area (Å²) >= 11 is 0. The van der Waals surface area contributed by atoms with Gasteiger partial charge < -0.3 is 9.64 Å². The van der Waals surface area contributed by atoms with Crippen LogP contribution in [0.4, 0.5) is 5.69 Å². The molecule has 4 rings (SSSR count). The monoisotopic (exact) mass is 436 g/mol. The van der Waals surface area contributed by atoms with Gasteiger partial charge in [-0.25, -0.2) is 4.79 Å². The van der Waals surface area contributed by atoms with E-state index in [1.165, 1.54) is 7.11 Å². The van der Waals surface area contributed by atoms with Crippen LogP contribution in [-0.2, 0) is 16.1 Å². The first kappa shape index (κ1) is 22.0. The van der Waals surface area contributed by atoms with E-state index in [4.69, 9.17) is 10.00 Å². The number of fused-ring (bicyclic) bond motifs is 1. The Morgan fingerprint density at radius 1 is 1.00 bits per heavy atom. The Balaban J connectivity index is 1.81. The molecule has 1 heterocycles. The molecule has 0 unspecified atom stereocenters. The molecule has 33 heavy (non-hydrogen) atoms. The SMILES string of the molecule is COC(=O)c1cccc(CN2C(=O)/C(=C(/c3ccc(C#N)cc3)C(C)C)c3ccccc32)c1. The molecule has 0 saturated heterocycles. The average Bonchev–Trinajstić information content (AvgIpc) is 3.10. The van der Waals surface area contributed by atoms with Crippen molar-refractivity contribution in [1.82, 2.24) is 0 Å². The standard InChI is InChI=1S/C28H24N2O3/c1-18(2)25(21-13-11-19(16-29)12-14-21)26-23-9-4-5-10-24(23)30(27(26)31)17-20-7-6-8-22(15-20)28(32)33-3/h4-15,18H,17H2,1-3H3/b26-25+. The number of para-hydroxylation sites is 1. The average molecular weight is 437 g/mol. The fourth-order valence-electron chi connectivity index (χ4n) is 4.28. The highest BCUT2D eigenvalue weighted by Gasteiger charge is 2.35. The highest BCUT2D eigenvalue weighted by atomic mass is 16.5. The smallest absolute Gasteiger partial charge is 0.337 e. The zero-order chi connectivity index (χ0) is 23.5. The maximum Gasteiger partial charge on any atom is 0.337 e. The van der Waals surface area contributed by atoms with Crippen molar-refractivity contribution in [2.75, 3.05) is 12.0 Å². The summed E-state index contributed by atoms with van der Waals surface area (Å²) in [6.45, 7) is 4.47. The number of anilines is 1. The summed E-state index contributed by atoms with van der Waals surface area (Å²) in [4.78, 5) is 27.5. The number of methoxy groups -OCH3 is 1. The molecule has 5 heteroatoms. The van der Waals surface area contributed by atoms with Gasteiger partial charge in [-0.15, -0.1) is 0 Å². The van der Waals surface area contributed by atoms with Crippen LogP contribution in [-0.4, -0.2) is 19.0 Å². The molecule has 0 aliphatic carbocycles. The van der Waals surface area contributed by atoms with Gasteiger partial charge in [0.25, 0.3) is 5.91 Å². The van der Waals surface area contributed by atoms with Gasteiger partial charge in [0.1, 0.15) is 0 Å². The van der Waals surface area contributed by atoms with E-state index < -0.39 is 5.97 Å². The Kier molecular flexibility index (Phi) is 6.10. The summed E-state index contributed by atoms with van der Waals surface area (Å²) in [5, 5.41) is 9.15. The fraction of sp³-hybridized carbons (Fsp3) is 0.179. The van der Waals surface area contributed by atoms with Crippen LogP contribution in [0.5, 0.6) is 0 Å². The number of nitrogens with zero attached hydrogens (tertiary/aromatic N) is 2. The number of amides is 1. The third-order valence-corrected chi connectivity index (χ3v) is 5.78. The molecule has 0 aromatic heterocycles. The van der Waals surface area contributed by atoms with Crippen LogP contribution in [0.3, 0.4) is 0 Å². The molecule has 0 N–H and O–H groups in total. The second-order valence-electron chi connectivity index (χ2n) is 8.23. The van der Waals surface area contributed by atoms with E-state index in [0.29, 0.717) is 23.2 Å². The van der Waals surface area contributed by atoms with Crippen molar-refractivity contribution >= 4 is 28.7 Å². The van der Waals surface area contributed by atoms with Gasteiger partial charge in [0.2, 0.25) is 0 Å². The Morgan fingerprint density at radius 3 is 2.39 bits per heavy atom. The number of carbonyl (C=O) groups excluding carboxylic acids is 2. The molecule has 0 radical (unpaired) electrons. The molecule has 164 valence electrons. The molecular formula is C28H24N2O3. The normalized spacial score (nSPS) is 14.2. The fourth-order valence-corrected chi connectivity index (χ4v) is 4.28. The minimum absolute atomic E-state index is 0.0762. The second-order valence-corrected chi connectivity index (χ2v) is 8.23. The van der Waals surface area contributed by atoms with Crippen molar-refractivity contribution in [2.24, 2.45) is 5.92 Å². The van der Waals surface area contributed by atoms with Crippen LogP contribution in [0, 0.1) is 17.2 Å². The summed E-state index contributed by atoms with van der Waals surface area (Å²) in [5.41, 5.74) is 6.15. The lowest BCUT2D eigenvalue weighted by atomic mass is 9.87. The number of allylic oxidation sites excluding steroid dienone is 1. The van der Waals surface area contributed by atoms with Crippen molar-refractivity contribution in [3.05, 3.63) is 101 Å². The highest BCUT2D eigenvalue weighted by molar-refractivity contribution is 6.37.